The summed E-state index contributed by atoms with van der Waals surface area (Å²) >= 11 is 0. The number of fused-ring (bicyclic) bond motifs is 1. The molecule has 3 heterocycles. The zero-order chi connectivity index (χ0) is 20.3. The molecule has 0 bridgehead atoms. The van der Waals surface area contributed by atoms with Crippen molar-refractivity contribution in [3.8, 4) is 11.5 Å². The summed E-state index contributed by atoms with van der Waals surface area (Å²) in [5.74, 6) is 1.10. The summed E-state index contributed by atoms with van der Waals surface area (Å²) in [6, 6.07) is 9.62. The lowest BCUT2D eigenvalue weighted by Crippen LogP contribution is -2.44. The van der Waals surface area contributed by atoms with Crippen molar-refractivity contribution in [3.05, 3.63) is 65.5 Å². The molecule has 1 aliphatic heterocycles. The highest BCUT2D eigenvalue weighted by Gasteiger charge is 2.38. The Balaban J connectivity index is 1.35. The fraction of sp³-hybridized carbons (Fsp3) is 0.333. The van der Waals surface area contributed by atoms with Gasteiger partial charge in [0.15, 0.2) is 5.82 Å². The monoisotopic (exact) mass is 394 g/mol. The van der Waals surface area contributed by atoms with E-state index in [2.05, 4.69) is 20.2 Å². The molecule has 2 aromatic heterocycles. The van der Waals surface area contributed by atoms with Crippen molar-refractivity contribution in [1.82, 2.24) is 20.2 Å². The number of aliphatic carboxylic acids is 1. The Labute approximate surface area is 167 Å². The number of hydrogen-bond acceptors (Lipinski definition) is 6. The van der Waals surface area contributed by atoms with Crippen LogP contribution in [0.5, 0.6) is 11.5 Å². The van der Waals surface area contributed by atoms with Crippen molar-refractivity contribution in [3.63, 3.8) is 0 Å². The van der Waals surface area contributed by atoms with Gasteiger partial charge >= 0.3 is 5.97 Å². The van der Waals surface area contributed by atoms with Crippen LogP contribution in [0.4, 0.5) is 0 Å². The van der Waals surface area contributed by atoms with Crippen LogP contribution < -0.4 is 9.47 Å². The van der Waals surface area contributed by atoms with Gasteiger partial charge < -0.3 is 14.6 Å². The molecule has 0 fully saturated rings. The molecule has 1 aromatic carbocycles. The zero-order valence-electron chi connectivity index (χ0n) is 16.1. The molecule has 1 aliphatic rings. The second kappa shape index (κ2) is 7.90. The van der Waals surface area contributed by atoms with Gasteiger partial charge in [-0.25, -0.2) is 9.78 Å². The summed E-state index contributed by atoms with van der Waals surface area (Å²) in [7, 11) is 0. The van der Waals surface area contributed by atoms with Gasteiger partial charge in [0.2, 0.25) is 5.60 Å². The zero-order valence-corrected chi connectivity index (χ0v) is 16.1. The number of aromatic amines is 1. The van der Waals surface area contributed by atoms with Crippen LogP contribution in [0, 0.1) is 0 Å². The first kappa shape index (κ1) is 18.9. The van der Waals surface area contributed by atoms with Crippen LogP contribution >= 0.6 is 0 Å². The number of carboxylic acids is 1. The fourth-order valence-electron chi connectivity index (χ4n) is 3.21. The topological polar surface area (TPSA) is 110 Å². The molecular formula is C21H22N4O4. The molecule has 150 valence electrons. The number of H-pyrrole nitrogens is 1. The normalized spacial score (nSPS) is 18.0. The van der Waals surface area contributed by atoms with Crippen LogP contribution in [-0.2, 0) is 30.7 Å². The number of carboxylic acid groups (broad SMARTS) is 1. The van der Waals surface area contributed by atoms with Crippen LogP contribution in [0.2, 0.25) is 0 Å². The SMILES string of the molecule is CC1(C(=O)O)CCc2ccc(COc3ccc(CCc4nc[nH]n4)nc3)cc2O1. The summed E-state index contributed by atoms with van der Waals surface area (Å²) in [4.78, 5) is 20.0. The van der Waals surface area contributed by atoms with E-state index in [-0.39, 0.29) is 0 Å². The maximum atomic E-state index is 11.5. The third-order valence-electron chi connectivity index (χ3n) is 5.06. The summed E-state index contributed by atoms with van der Waals surface area (Å²) in [6.07, 6.45) is 5.87. The molecule has 2 N–H and O–H groups in total. The van der Waals surface area contributed by atoms with Gasteiger partial charge in [-0.15, -0.1) is 0 Å². The first-order chi connectivity index (χ1) is 14.0. The lowest BCUT2D eigenvalue weighted by molar-refractivity contribution is -0.155. The summed E-state index contributed by atoms with van der Waals surface area (Å²) in [6.45, 7) is 1.95. The Kier molecular flexibility index (Phi) is 5.16. The van der Waals surface area contributed by atoms with E-state index in [1.807, 2.05) is 30.3 Å². The van der Waals surface area contributed by atoms with Crippen molar-refractivity contribution < 1.29 is 19.4 Å². The van der Waals surface area contributed by atoms with E-state index >= 15 is 0 Å². The minimum atomic E-state index is -1.18. The van der Waals surface area contributed by atoms with Gasteiger partial charge in [0.05, 0.1) is 6.20 Å². The highest BCUT2D eigenvalue weighted by molar-refractivity contribution is 5.78. The maximum absolute atomic E-state index is 11.5. The number of benzene rings is 1. The van der Waals surface area contributed by atoms with E-state index in [0.717, 1.165) is 35.5 Å². The van der Waals surface area contributed by atoms with Crippen molar-refractivity contribution in [1.29, 1.82) is 0 Å². The lowest BCUT2D eigenvalue weighted by Gasteiger charge is -2.32. The lowest BCUT2D eigenvalue weighted by atomic mass is 9.92. The van der Waals surface area contributed by atoms with Gasteiger partial charge in [0.1, 0.15) is 24.4 Å². The molecule has 0 spiro atoms. The second-order valence-corrected chi connectivity index (χ2v) is 7.27. The quantitative estimate of drug-likeness (QED) is 0.634. The number of nitrogens with one attached hydrogen (secondary N) is 1. The van der Waals surface area contributed by atoms with Crippen molar-refractivity contribution >= 4 is 5.97 Å². The molecule has 3 aromatic rings. The first-order valence-electron chi connectivity index (χ1n) is 9.48. The standard InChI is InChI=1S/C21H22N4O4/c1-21(20(26)27)9-8-15-3-2-14(10-18(15)29-21)12-28-17-6-4-16(22-11-17)5-7-19-23-13-24-25-19/h2-4,6,10-11,13H,5,7-9,12H2,1H3,(H,26,27)(H,23,24,25). The Hall–Kier alpha value is -3.42. The van der Waals surface area contributed by atoms with Crippen LogP contribution in [0.15, 0.2) is 42.9 Å². The molecule has 0 aliphatic carbocycles. The number of ether oxygens (including phenoxy) is 2. The predicted molar refractivity (Wildman–Crippen MR) is 104 cm³/mol. The predicted octanol–water partition coefficient (Wildman–Crippen LogP) is 2.73. The Morgan fingerprint density at radius 2 is 2.17 bits per heavy atom. The van der Waals surface area contributed by atoms with E-state index in [4.69, 9.17) is 9.47 Å². The van der Waals surface area contributed by atoms with Gasteiger partial charge in [-0.05, 0) is 49.1 Å². The fourth-order valence-corrected chi connectivity index (χ4v) is 3.21. The van der Waals surface area contributed by atoms with Crippen molar-refractivity contribution in [2.24, 2.45) is 0 Å². The van der Waals surface area contributed by atoms with E-state index in [1.165, 1.54) is 0 Å². The van der Waals surface area contributed by atoms with Crippen molar-refractivity contribution in [2.75, 3.05) is 0 Å². The van der Waals surface area contributed by atoms with Crippen molar-refractivity contribution in [2.45, 2.75) is 44.8 Å². The first-order valence-corrected chi connectivity index (χ1v) is 9.48. The van der Waals surface area contributed by atoms with Crippen LogP contribution in [0.25, 0.3) is 0 Å². The molecule has 1 unspecified atom stereocenters. The smallest absolute Gasteiger partial charge is 0.347 e. The third-order valence-corrected chi connectivity index (χ3v) is 5.06. The number of aromatic nitrogens is 4. The number of hydrogen-bond donors (Lipinski definition) is 2. The minimum absolute atomic E-state index is 0.346. The van der Waals surface area contributed by atoms with E-state index in [9.17, 15) is 9.90 Å². The van der Waals surface area contributed by atoms with Crippen LogP contribution in [0.1, 0.15) is 36.0 Å². The molecule has 29 heavy (non-hydrogen) atoms. The average molecular weight is 394 g/mol. The Bertz CT molecular complexity index is 988. The molecular weight excluding hydrogens is 372 g/mol. The molecule has 1 atom stereocenters. The van der Waals surface area contributed by atoms with Crippen LogP contribution in [-0.4, -0.2) is 36.8 Å². The Morgan fingerprint density at radius 3 is 2.90 bits per heavy atom. The van der Waals surface area contributed by atoms with E-state index in [0.29, 0.717) is 30.9 Å². The molecule has 0 radical (unpaired) electrons. The van der Waals surface area contributed by atoms with Gasteiger partial charge in [-0.1, -0.05) is 12.1 Å². The van der Waals surface area contributed by atoms with E-state index < -0.39 is 11.6 Å². The number of pyridine rings is 1. The summed E-state index contributed by atoms with van der Waals surface area (Å²) < 4.78 is 11.6. The number of nitrogens with zero attached hydrogens (tertiary/aromatic N) is 3. The van der Waals surface area contributed by atoms with Gasteiger partial charge in [0.25, 0.3) is 0 Å². The molecule has 8 heteroatoms. The molecule has 0 amide bonds. The minimum Gasteiger partial charge on any atom is -0.487 e. The molecule has 0 saturated carbocycles. The highest BCUT2D eigenvalue weighted by atomic mass is 16.5. The largest absolute Gasteiger partial charge is 0.487 e. The molecule has 4 rings (SSSR count). The maximum Gasteiger partial charge on any atom is 0.347 e. The summed E-state index contributed by atoms with van der Waals surface area (Å²) in [5.41, 5.74) is 1.69. The molecule has 0 saturated heterocycles. The summed E-state index contributed by atoms with van der Waals surface area (Å²) in [5, 5.41) is 16.1. The van der Waals surface area contributed by atoms with E-state index in [1.54, 1.807) is 19.4 Å². The van der Waals surface area contributed by atoms with Gasteiger partial charge in [-0.2, -0.15) is 5.10 Å². The molecule has 8 nitrogen and oxygen atoms in total. The van der Waals surface area contributed by atoms with Gasteiger partial charge in [-0.3, -0.25) is 10.1 Å². The third kappa shape index (κ3) is 4.37. The Morgan fingerprint density at radius 1 is 1.28 bits per heavy atom. The number of rotatable bonds is 7. The average Bonchev–Trinajstić information content (AvgIpc) is 3.25. The highest BCUT2D eigenvalue weighted by Crippen LogP contribution is 2.34. The van der Waals surface area contributed by atoms with Gasteiger partial charge in [0, 0.05) is 18.5 Å². The number of aryl methyl sites for hydroxylation is 3. The second-order valence-electron chi connectivity index (χ2n) is 7.27. The number of carbonyl (C=O) groups is 1. The van der Waals surface area contributed by atoms with Crippen LogP contribution in [0.3, 0.4) is 0 Å².